The number of aromatic nitrogens is 3. The highest BCUT2D eigenvalue weighted by Crippen LogP contribution is 2.20. The van der Waals surface area contributed by atoms with Gasteiger partial charge in [0.25, 0.3) is 5.56 Å². The molecule has 3 rings (SSSR count). The van der Waals surface area contributed by atoms with Crippen molar-refractivity contribution in [2.24, 2.45) is 0 Å². The van der Waals surface area contributed by atoms with Gasteiger partial charge in [-0.2, -0.15) is 0 Å². The molecule has 27 heavy (non-hydrogen) atoms. The molecule has 2 N–H and O–H groups in total. The summed E-state index contributed by atoms with van der Waals surface area (Å²) in [5, 5.41) is 0.824. The molecule has 0 saturated carbocycles. The van der Waals surface area contributed by atoms with E-state index in [1.165, 1.54) is 7.11 Å². The van der Waals surface area contributed by atoms with Crippen LogP contribution < -0.4 is 5.56 Å². The number of hydrogen-bond donors (Lipinski definition) is 2. The van der Waals surface area contributed by atoms with Gasteiger partial charge in [0.15, 0.2) is 0 Å². The number of aryl methyl sites for hydroxylation is 1. The van der Waals surface area contributed by atoms with E-state index < -0.39 is 11.9 Å². The minimum absolute atomic E-state index is 0.138. The summed E-state index contributed by atoms with van der Waals surface area (Å²) in [7, 11) is 1.26. The number of nitrogens with one attached hydrogen (secondary N) is 2. The number of rotatable bonds is 4. The molecule has 2 aromatic heterocycles. The average molecular weight is 390 g/mol. The average Bonchev–Trinajstić information content (AvgIpc) is 2.93. The fraction of sp³-hybridized carbons (Fsp3) is 0.222. The molecule has 0 spiro atoms. The molecule has 140 valence electrons. The Labute approximate surface area is 158 Å². The number of methoxy groups -OCH3 is 1. The Balaban J connectivity index is 1.83. The number of esters is 2. The van der Waals surface area contributed by atoms with Crippen LogP contribution in [0.1, 0.15) is 37.9 Å². The Morgan fingerprint density at radius 1 is 1.19 bits per heavy atom. The first kappa shape index (κ1) is 18.7. The normalized spacial score (nSPS) is 10.8. The van der Waals surface area contributed by atoms with Gasteiger partial charge in [-0.3, -0.25) is 4.79 Å². The second-order valence-corrected chi connectivity index (χ2v) is 6.30. The Morgan fingerprint density at radius 3 is 2.63 bits per heavy atom. The summed E-state index contributed by atoms with van der Waals surface area (Å²) in [6, 6.07) is 4.72. The molecular formula is C18H16ClN3O5. The van der Waals surface area contributed by atoms with Crippen LogP contribution in [0.25, 0.3) is 10.9 Å². The van der Waals surface area contributed by atoms with Crippen LogP contribution in [0.2, 0.25) is 5.02 Å². The monoisotopic (exact) mass is 389 g/mol. The molecule has 0 amide bonds. The van der Waals surface area contributed by atoms with Gasteiger partial charge in [-0.1, -0.05) is 11.6 Å². The third kappa shape index (κ3) is 3.56. The van der Waals surface area contributed by atoms with Crippen molar-refractivity contribution < 1.29 is 19.1 Å². The van der Waals surface area contributed by atoms with Crippen molar-refractivity contribution in [3.8, 4) is 0 Å². The first-order valence-corrected chi connectivity index (χ1v) is 8.32. The Bertz CT molecular complexity index is 1120. The van der Waals surface area contributed by atoms with Gasteiger partial charge >= 0.3 is 11.9 Å². The van der Waals surface area contributed by atoms with E-state index in [1.54, 1.807) is 32.0 Å². The zero-order valence-corrected chi connectivity index (χ0v) is 15.6. The third-order valence-electron chi connectivity index (χ3n) is 4.09. The quantitative estimate of drug-likeness (QED) is 0.663. The van der Waals surface area contributed by atoms with Crippen LogP contribution in [0.3, 0.4) is 0 Å². The summed E-state index contributed by atoms with van der Waals surface area (Å²) < 4.78 is 9.94. The zero-order valence-electron chi connectivity index (χ0n) is 14.8. The van der Waals surface area contributed by atoms with Crippen LogP contribution in [-0.2, 0) is 16.1 Å². The number of fused-ring (bicyclic) bond motifs is 1. The Kier molecular flexibility index (Phi) is 5.00. The smallest absolute Gasteiger partial charge is 0.355 e. The number of halogens is 1. The number of aromatic amines is 2. The molecule has 0 fully saturated rings. The van der Waals surface area contributed by atoms with E-state index in [1.807, 2.05) is 0 Å². The van der Waals surface area contributed by atoms with E-state index >= 15 is 0 Å². The highest BCUT2D eigenvalue weighted by molar-refractivity contribution is 6.31. The topological polar surface area (TPSA) is 114 Å². The maximum Gasteiger partial charge on any atom is 0.355 e. The lowest BCUT2D eigenvalue weighted by Crippen LogP contribution is -2.15. The van der Waals surface area contributed by atoms with Crippen molar-refractivity contribution in [3.63, 3.8) is 0 Å². The highest BCUT2D eigenvalue weighted by Gasteiger charge is 2.23. The predicted molar refractivity (Wildman–Crippen MR) is 98.1 cm³/mol. The molecular weight excluding hydrogens is 374 g/mol. The van der Waals surface area contributed by atoms with E-state index in [0.717, 1.165) is 0 Å². The van der Waals surface area contributed by atoms with Crippen molar-refractivity contribution >= 4 is 34.4 Å². The molecule has 2 heterocycles. The molecule has 0 unspecified atom stereocenters. The summed E-state index contributed by atoms with van der Waals surface area (Å²) in [5.41, 5.74) is 1.39. The van der Waals surface area contributed by atoms with Crippen LogP contribution in [-0.4, -0.2) is 34.0 Å². The lowest BCUT2D eigenvalue weighted by atomic mass is 10.1. The van der Waals surface area contributed by atoms with Crippen molar-refractivity contribution in [2.75, 3.05) is 7.11 Å². The second-order valence-electron chi connectivity index (χ2n) is 5.87. The van der Waals surface area contributed by atoms with Gasteiger partial charge in [-0.15, -0.1) is 0 Å². The van der Waals surface area contributed by atoms with E-state index in [9.17, 15) is 14.4 Å². The number of carbonyl (C=O) groups excluding carboxylic acids is 2. The molecule has 0 saturated heterocycles. The number of nitrogens with zero attached hydrogens (tertiary/aromatic N) is 1. The van der Waals surface area contributed by atoms with Gasteiger partial charge in [-0.25, -0.2) is 14.6 Å². The minimum Gasteiger partial charge on any atom is -0.465 e. The van der Waals surface area contributed by atoms with Crippen LogP contribution in [0, 0.1) is 13.8 Å². The molecule has 3 aromatic rings. The summed E-state index contributed by atoms with van der Waals surface area (Å²) >= 11 is 5.92. The van der Waals surface area contributed by atoms with Crippen LogP contribution in [0.15, 0.2) is 23.0 Å². The van der Waals surface area contributed by atoms with Gasteiger partial charge in [0.1, 0.15) is 18.1 Å². The van der Waals surface area contributed by atoms with E-state index in [2.05, 4.69) is 15.0 Å². The van der Waals surface area contributed by atoms with Gasteiger partial charge < -0.3 is 19.4 Å². The highest BCUT2D eigenvalue weighted by atomic mass is 35.5. The summed E-state index contributed by atoms with van der Waals surface area (Å²) in [6.07, 6.45) is 0. The van der Waals surface area contributed by atoms with Crippen LogP contribution in [0.4, 0.5) is 0 Å². The van der Waals surface area contributed by atoms with Gasteiger partial charge in [0.05, 0.1) is 23.6 Å². The molecule has 8 nitrogen and oxygen atoms in total. The molecule has 0 atom stereocenters. The number of carbonyl (C=O) groups is 2. The molecule has 0 aliphatic rings. The lowest BCUT2D eigenvalue weighted by Gasteiger charge is -2.06. The van der Waals surface area contributed by atoms with Crippen LogP contribution in [0.5, 0.6) is 0 Å². The second kappa shape index (κ2) is 7.24. The summed E-state index contributed by atoms with van der Waals surface area (Å²) in [6.45, 7) is 3.02. The number of H-pyrrole nitrogens is 2. The predicted octanol–water partition coefficient (Wildman–Crippen LogP) is 2.67. The molecule has 0 aliphatic carbocycles. The van der Waals surface area contributed by atoms with Crippen molar-refractivity contribution in [3.05, 3.63) is 61.9 Å². The summed E-state index contributed by atoms with van der Waals surface area (Å²) in [4.78, 5) is 45.9. The largest absolute Gasteiger partial charge is 0.465 e. The number of hydrogen-bond acceptors (Lipinski definition) is 6. The Hall–Kier alpha value is -3.13. The maximum atomic E-state index is 12.4. The van der Waals surface area contributed by atoms with Crippen molar-refractivity contribution in [1.29, 1.82) is 0 Å². The van der Waals surface area contributed by atoms with E-state index in [4.69, 9.17) is 21.1 Å². The van der Waals surface area contributed by atoms with Gasteiger partial charge in [0.2, 0.25) is 0 Å². The molecule has 0 radical (unpaired) electrons. The molecule has 1 aromatic carbocycles. The first-order chi connectivity index (χ1) is 12.8. The third-order valence-corrected chi connectivity index (χ3v) is 4.32. The SMILES string of the molecule is COC(=O)c1c(C)[nH]c(C(=O)OCc2nc3cc(Cl)ccc3c(=O)[nH]2)c1C. The van der Waals surface area contributed by atoms with Crippen molar-refractivity contribution in [2.45, 2.75) is 20.5 Å². The maximum absolute atomic E-state index is 12.4. The van der Waals surface area contributed by atoms with Gasteiger partial charge in [-0.05, 0) is 37.6 Å². The number of benzene rings is 1. The van der Waals surface area contributed by atoms with Crippen molar-refractivity contribution in [1.82, 2.24) is 15.0 Å². The lowest BCUT2D eigenvalue weighted by molar-refractivity contribution is 0.0455. The fourth-order valence-corrected chi connectivity index (χ4v) is 2.96. The van der Waals surface area contributed by atoms with Crippen LogP contribution >= 0.6 is 11.6 Å². The summed E-state index contributed by atoms with van der Waals surface area (Å²) in [5.74, 6) is -1.05. The zero-order chi connectivity index (χ0) is 19.7. The standard InChI is InChI=1S/C18H16ClN3O5/c1-8-14(17(24)26-3)9(2)20-15(8)18(25)27-7-13-21-12-6-10(19)4-5-11(12)16(23)22-13/h4-6,20H,7H2,1-3H3,(H,21,22,23). The first-order valence-electron chi connectivity index (χ1n) is 7.95. The van der Waals surface area contributed by atoms with Gasteiger partial charge in [0, 0.05) is 10.7 Å². The fourth-order valence-electron chi connectivity index (χ4n) is 2.80. The molecule has 0 bridgehead atoms. The van der Waals surface area contributed by atoms with E-state index in [-0.39, 0.29) is 29.2 Å². The molecule has 9 heteroatoms. The Morgan fingerprint density at radius 2 is 1.93 bits per heavy atom. The minimum atomic E-state index is -0.681. The van der Waals surface area contributed by atoms with E-state index in [0.29, 0.717) is 27.2 Å². The number of ether oxygens (including phenoxy) is 2. The molecule has 0 aliphatic heterocycles.